The van der Waals surface area contributed by atoms with Gasteiger partial charge in [0.05, 0.1) is 5.69 Å². The Balaban J connectivity index is 1.93. The molecule has 148 valence electrons. The Hall–Kier alpha value is -2.05. The Bertz CT molecular complexity index is 918. The minimum absolute atomic E-state index is 0.212. The van der Waals surface area contributed by atoms with E-state index in [-0.39, 0.29) is 11.8 Å². The van der Waals surface area contributed by atoms with Crippen molar-refractivity contribution in [1.29, 1.82) is 0 Å². The van der Waals surface area contributed by atoms with Crippen molar-refractivity contribution < 1.29 is 14.3 Å². The fraction of sp³-hybridized carbons (Fsp3) is 0.333. The van der Waals surface area contributed by atoms with Crippen LogP contribution in [0.5, 0.6) is 5.75 Å². The molecule has 1 atom stereocenters. The third kappa shape index (κ3) is 4.18. The highest BCUT2D eigenvalue weighted by molar-refractivity contribution is 9.10. The number of para-hydroxylation sites is 2. The predicted octanol–water partition coefficient (Wildman–Crippen LogP) is 4.88. The van der Waals surface area contributed by atoms with E-state index >= 15 is 0 Å². The maximum atomic E-state index is 13.5. The Morgan fingerprint density at radius 2 is 2.00 bits per heavy atom. The Morgan fingerprint density at radius 3 is 2.71 bits per heavy atom. The highest BCUT2D eigenvalue weighted by Crippen LogP contribution is 2.35. The number of benzene rings is 2. The number of anilines is 1. The number of carbonyl (C=O) groups excluding carboxylic acids is 2. The summed E-state index contributed by atoms with van der Waals surface area (Å²) < 4.78 is 6.76. The molecule has 7 heteroatoms. The van der Waals surface area contributed by atoms with Crippen LogP contribution in [0.25, 0.3) is 0 Å². The fourth-order valence-electron chi connectivity index (χ4n) is 3.14. The van der Waals surface area contributed by atoms with Crippen molar-refractivity contribution in [3.63, 3.8) is 0 Å². The summed E-state index contributed by atoms with van der Waals surface area (Å²) in [4.78, 5) is 27.9. The van der Waals surface area contributed by atoms with E-state index in [1.807, 2.05) is 26.0 Å². The van der Waals surface area contributed by atoms with E-state index in [0.29, 0.717) is 29.5 Å². The quantitative estimate of drug-likeness (QED) is 0.641. The molecule has 0 aromatic heterocycles. The van der Waals surface area contributed by atoms with Crippen molar-refractivity contribution in [3.8, 4) is 5.75 Å². The van der Waals surface area contributed by atoms with Gasteiger partial charge < -0.3 is 15.0 Å². The molecule has 1 aliphatic rings. The summed E-state index contributed by atoms with van der Waals surface area (Å²) in [6.45, 7) is 6.35. The van der Waals surface area contributed by atoms with E-state index in [9.17, 15) is 9.59 Å². The summed E-state index contributed by atoms with van der Waals surface area (Å²) in [5, 5.41) is 3.37. The maximum Gasteiger partial charge on any atom is 0.278 e. The van der Waals surface area contributed by atoms with Crippen molar-refractivity contribution in [2.45, 2.75) is 32.9 Å². The van der Waals surface area contributed by atoms with E-state index in [2.05, 4.69) is 21.2 Å². The van der Waals surface area contributed by atoms with Crippen LogP contribution >= 0.6 is 27.5 Å². The van der Waals surface area contributed by atoms with E-state index in [1.165, 1.54) is 6.92 Å². The summed E-state index contributed by atoms with van der Waals surface area (Å²) in [6, 6.07) is 12.5. The molecule has 0 radical (unpaired) electrons. The van der Waals surface area contributed by atoms with Gasteiger partial charge in [0.2, 0.25) is 0 Å². The Labute approximate surface area is 178 Å². The van der Waals surface area contributed by atoms with E-state index < -0.39 is 11.5 Å². The molecule has 0 fully saturated rings. The first-order chi connectivity index (χ1) is 13.2. The average molecular weight is 466 g/mol. The lowest BCUT2D eigenvalue weighted by molar-refractivity contribution is -0.155. The number of nitrogens with one attached hydrogen (secondary N) is 1. The van der Waals surface area contributed by atoms with Gasteiger partial charge in [-0.1, -0.05) is 53.5 Å². The zero-order valence-corrected chi connectivity index (χ0v) is 18.3. The first-order valence-corrected chi connectivity index (χ1v) is 10.2. The molecule has 2 aromatic carbocycles. The molecule has 1 aliphatic heterocycles. The largest absolute Gasteiger partial charge is 0.466 e. The Morgan fingerprint density at radius 1 is 1.29 bits per heavy atom. The van der Waals surface area contributed by atoms with Gasteiger partial charge in [-0.3, -0.25) is 9.59 Å². The third-order valence-electron chi connectivity index (χ3n) is 4.53. The van der Waals surface area contributed by atoms with Gasteiger partial charge in [0.1, 0.15) is 5.75 Å². The lowest BCUT2D eigenvalue weighted by Gasteiger charge is -2.37. The van der Waals surface area contributed by atoms with Crippen LogP contribution < -0.4 is 10.1 Å². The minimum atomic E-state index is -1.64. The van der Waals surface area contributed by atoms with Crippen LogP contribution in [0, 0.1) is 5.92 Å². The van der Waals surface area contributed by atoms with E-state index in [4.69, 9.17) is 16.3 Å². The molecule has 1 heterocycles. The molecule has 1 unspecified atom stereocenters. The van der Waals surface area contributed by atoms with Crippen molar-refractivity contribution in [2.75, 3.05) is 11.9 Å². The number of hydrogen-bond donors (Lipinski definition) is 1. The van der Waals surface area contributed by atoms with Gasteiger partial charge >= 0.3 is 0 Å². The smallest absolute Gasteiger partial charge is 0.278 e. The zero-order valence-electron chi connectivity index (χ0n) is 16.0. The zero-order chi connectivity index (χ0) is 20.5. The summed E-state index contributed by atoms with van der Waals surface area (Å²) in [7, 11) is 0. The van der Waals surface area contributed by atoms with Gasteiger partial charge in [-0.15, -0.1) is 0 Å². The fourth-order valence-corrected chi connectivity index (χ4v) is 3.71. The molecular formula is C21H22BrClN2O3. The van der Waals surface area contributed by atoms with Crippen LogP contribution in [-0.2, 0) is 16.1 Å². The number of rotatable bonds is 5. The molecule has 0 spiro atoms. The molecular weight excluding hydrogens is 444 g/mol. The molecule has 0 saturated heterocycles. The molecule has 2 aromatic rings. The van der Waals surface area contributed by atoms with Crippen LogP contribution in [0.3, 0.4) is 0 Å². The summed E-state index contributed by atoms with van der Waals surface area (Å²) >= 11 is 9.64. The lowest BCUT2D eigenvalue weighted by Crippen LogP contribution is -2.59. The lowest BCUT2D eigenvalue weighted by atomic mass is 9.99. The molecule has 0 aliphatic carbocycles. The normalized spacial score (nSPS) is 18.3. The molecule has 0 saturated carbocycles. The second-order valence-corrected chi connectivity index (χ2v) is 8.69. The van der Waals surface area contributed by atoms with Gasteiger partial charge in [-0.05, 0) is 48.7 Å². The number of carbonyl (C=O) groups is 2. The van der Waals surface area contributed by atoms with Gasteiger partial charge in [-0.2, -0.15) is 0 Å². The number of hydrogen-bond acceptors (Lipinski definition) is 3. The molecule has 2 amide bonds. The van der Waals surface area contributed by atoms with Crippen LogP contribution in [0.4, 0.5) is 5.69 Å². The second kappa shape index (κ2) is 8.13. The van der Waals surface area contributed by atoms with E-state index in [0.717, 1.165) is 10.0 Å². The second-order valence-electron chi connectivity index (χ2n) is 7.40. The summed E-state index contributed by atoms with van der Waals surface area (Å²) in [6.07, 6.45) is 0. The maximum absolute atomic E-state index is 13.5. The first kappa shape index (κ1) is 20.7. The van der Waals surface area contributed by atoms with Gasteiger partial charge in [-0.25, -0.2) is 0 Å². The highest BCUT2D eigenvalue weighted by atomic mass is 79.9. The Kier molecular flexibility index (Phi) is 6.01. The number of fused-ring (bicyclic) bond motifs is 1. The molecule has 5 nitrogen and oxygen atoms in total. The van der Waals surface area contributed by atoms with Crippen LogP contribution in [0.2, 0.25) is 5.02 Å². The van der Waals surface area contributed by atoms with Gasteiger partial charge in [0.25, 0.3) is 17.4 Å². The van der Waals surface area contributed by atoms with Crippen LogP contribution in [-0.4, -0.2) is 28.9 Å². The molecule has 3 rings (SSSR count). The number of amides is 2. The molecule has 28 heavy (non-hydrogen) atoms. The predicted molar refractivity (Wildman–Crippen MR) is 114 cm³/mol. The SMILES string of the molecule is CC(C)CN(Cc1cc(Cl)ccc1Br)C(=O)C1(C)Oc2ccccc2NC1=O. The van der Waals surface area contributed by atoms with Gasteiger partial charge in [0, 0.05) is 22.6 Å². The third-order valence-corrected chi connectivity index (χ3v) is 5.54. The summed E-state index contributed by atoms with van der Waals surface area (Å²) in [5.74, 6) is -0.175. The molecule has 0 bridgehead atoms. The number of nitrogens with zero attached hydrogens (tertiary/aromatic N) is 1. The van der Waals surface area contributed by atoms with Crippen LogP contribution in [0.1, 0.15) is 26.3 Å². The van der Waals surface area contributed by atoms with Gasteiger partial charge in [0.15, 0.2) is 0 Å². The summed E-state index contributed by atoms with van der Waals surface area (Å²) in [5.41, 5.74) is -0.221. The van der Waals surface area contributed by atoms with E-state index in [1.54, 1.807) is 35.2 Å². The first-order valence-electron chi connectivity index (χ1n) is 9.03. The molecule has 1 N–H and O–H groups in total. The van der Waals surface area contributed by atoms with Crippen molar-refractivity contribution in [2.24, 2.45) is 5.92 Å². The number of halogens is 2. The highest BCUT2D eigenvalue weighted by Gasteiger charge is 2.49. The topological polar surface area (TPSA) is 58.6 Å². The average Bonchev–Trinajstić information content (AvgIpc) is 2.64. The minimum Gasteiger partial charge on any atom is -0.466 e. The monoisotopic (exact) mass is 464 g/mol. The van der Waals surface area contributed by atoms with Crippen molar-refractivity contribution >= 4 is 45.0 Å². The number of ether oxygens (including phenoxy) is 1. The van der Waals surface area contributed by atoms with Crippen LogP contribution in [0.15, 0.2) is 46.9 Å². The standard InChI is InChI=1S/C21H22BrClN2O3/c1-13(2)11-25(12-14-10-15(23)8-9-16(14)22)20(27)21(3)19(26)24-17-6-4-5-7-18(17)28-21/h4-10,13H,11-12H2,1-3H3,(H,24,26). The van der Waals surface area contributed by atoms with Crippen molar-refractivity contribution in [3.05, 3.63) is 57.5 Å². The van der Waals surface area contributed by atoms with Crippen molar-refractivity contribution in [1.82, 2.24) is 4.90 Å².